The summed E-state index contributed by atoms with van der Waals surface area (Å²) in [5.74, 6) is 1.20. The Morgan fingerprint density at radius 2 is 1.87 bits per heavy atom. The Kier molecular flexibility index (Phi) is 6.84. The van der Waals surface area contributed by atoms with Gasteiger partial charge in [0.25, 0.3) is 0 Å². The van der Waals surface area contributed by atoms with Crippen molar-refractivity contribution in [3.63, 3.8) is 0 Å². The van der Waals surface area contributed by atoms with Crippen LogP contribution in [0.25, 0.3) is 0 Å². The summed E-state index contributed by atoms with van der Waals surface area (Å²) in [5.41, 5.74) is 2.17. The number of aryl methyl sites for hydroxylation is 1. The number of piperidine rings is 1. The van der Waals surface area contributed by atoms with Crippen LogP contribution in [-0.2, 0) is 11.2 Å². The molecule has 0 N–H and O–H groups in total. The molecular formula is C24H32N4O2. The van der Waals surface area contributed by atoms with E-state index in [4.69, 9.17) is 4.74 Å². The molecule has 0 radical (unpaired) electrons. The highest BCUT2D eigenvalue weighted by atomic mass is 16.5. The molecule has 2 aromatic rings. The minimum absolute atomic E-state index is 0.262. The summed E-state index contributed by atoms with van der Waals surface area (Å²) in [6.45, 7) is 5.78. The summed E-state index contributed by atoms with van der Waals surface area (Å²) >= 11 is 0. The van der Waals surface area contributed by atoms with Gasteiger partial charge in [0.05, 0.1) is 12.8 Å². The molecular weight excluding hydrogens is 376 g/mol. The van der Waals surface area contributed by atoms with Gasteiger partial charge in [-0.1, -0.05) is 18.2 Å². The fraction of sp³-hybridized carbons (Fsp3) is 0.500. The zero-order valence-electron chi connectivity index (χ0n) is 17.9. The van der Waals surface area contributed by atoms with E-state index in [1.54, 1.807) is 13.3 Å². The summed E-state index contributed by atoms with van der Waals surface area (Å²) in [4.78, 5) is 24.2. The van der Waals surface area contributed by atoms with Gasteiger partial charge in [-0.15, -0.1) is 0 Å². The van der Waals surface area contributed by atoms with Crippen molar-refractivity contribution < 1.29 is 9.53 Å². The van der Waals surface area contributed by atoms with Crippen LogP contribution in [0.5, 0.6) is 5.75 Å². The number of carbonyl (C=O) groups is 1. The van der Waals surface area contributed by atoms with E-state index in [2.05, 4.69) is 31.8 Å². The molecule has 3 heterocycles. The minimum Gasteiger partial charge on any atom is -0.495 e. The van der Waals surface area contributed by atoms with E-state index in [1.165, 1.54) is 12.1 Å². The molecule has 4 rings (SSSR count). The number of piperazine rings is 1. The molecule has 2 saturated heterocycles. The largest absolute Gasteiger partial charge is 0.495 e. The maximum Gasteiger partial charge on any atom is 0.223 e. The van der Waals surface area contributed by atoms with Crippen LogP contribution < -0.4 is 9.64 Å². The molecule has 160 valence electrons. The van der Waals surface area contributed by atoms with Crippen molar-refractivity contribution in [2.45, 2.75) is 31.7 Å². The molecule has 1 amide bonds. The Balaban J connectivity index is 1.28. The zero-order chi connectivity index (χ0) is 20.8. The molecule has 0 spiro atoms. The molecule has 1 atom stereocenters. The molecule has 6 nitrogen and oxygen atoms in total. The third-order valence-electron chi connectivity index (χ3n) is 6.33. The second kappa shape index (κ2) is 9.94. The molecule has 0 saturated carbocycles. The second-order valence-electron chi connectivity index (χ2n) is 8.15. The number of rotatable bonds is 6. The summed E-state index contributed by atoms with van der Waals surface area (Å²) in [6.07, 6.45) is 5.33. The standard InChI is InChI=1S/C24H32N4O2/c1-30-23-10-3-2-9-22(23)27-17-15-26(16-18-27)21-8-6-14-28(19-21)24(29)12-11-20-7-4-5-13-25-20/h2-5,7,9-10,13,21H,6,8,11-12,14-19H2,1H3/t21-/m1/s1. The SMILES string of the molecule is COc1ccccc1N1CCN([C@@H]2CCCN(C(=O)CCc3ccccn3)C2)CC1. The van der Waals surface area contributed by atoms with Crippen LogP contribution in [0.15, 0.2) is 48.7 Å². The van der Waals surface area contributed by atoms with Crippen molar-refractivity contribution in [3.05, 3.63) is 54.4 Å². The molecule has 2 fully saturated rings. The summed E-state index contributed by atoms with van der Waals surface area (Å²) in [6, 6.07) is 14.6. The van der Waals surface area contributed by atoms with Crippen LogP contribution in [0.2, 0.25) is 0 Å². The fourth-order valence-corrected chi connectivity index (χ4v) is 4.64. The van der Waals surface area contributed by atoms with Crippen molar-refractivity contribution in [3.8, 4) is 5.75 Å². The summed E-state index contributed by atoms with van der Waals surface area (Å²) < 4.78 is 5.53. The van der Waals surface area contributed by atoms with E-state index in [0.29, 0.717) is 12.5 Å². The lowest BCUT2D eigenvalue weighted by Gasteiger charge is -2.44. The number of anilines is 1. The molecule has 0 bridgehead atoms. The van der Waals surface area contributed by atoms with E-state index >= 15 is 0 Å². The Labute approximate surface area is 179 Å². The number of amides is 1. The molecule has 6 heteroatoms. The van der Waals surface area contributed by atoms with Crippen molar-refractivity contribution in [2.75, 3.05) is 51.3 Å². The number of para-hydroxylation sites is 2. The van der Waals surface area contributed by atoms with Crippen molar-refractivity contribution >= 4 is 11.6 Å². The summed E-state index contributed by atoms with van der Waals surface area (Å²) in [7, 11) is 1.73. The van der Waals surface area contributed by atoms with E-state index in [0.717, 1.165) is 63.6 Å². The van der Waals surface area contributed by atoms with Crippen molar-refractivity contribution in [1.82, 2.24) is 14.8 Å². The van der Waals surface area contributed by atoms with Gasteiger partial charge in [-0.3, -0.25) is 14.7 Å². The molecule has 0 unspecified atom stereocenters. The smallest absolute Gasteiger partial charge is 0.223 e. The highest BCUT2D eigenvalue weighted by Crippen LogP contribution is 2.29. The molecule has 1 aromatic heterocycles. The molecule has 2 aliphatic heterocycles. The number of benzene rings is 1. The first-order valence-corrected chi connectivity index (χ1v) is 11.0. The predicted molar refractivity (Wildman–Crippen MR) is 119 cm³/mol. The topological polar surface area (TPSA) is 48.9 Å². The van der Waals surface area contributed by atoms with Gasteiger partial charge in [-0.25, -0.2) is 0 Å². The quantitative estimate of drug-likeness (QED) is 0.736. The highest BCUT2D eigenvalue weighted by molar-refractivity contribution is 5.76. The van der Waals surface area contributed by atoms with Crippen LogP contribution in [0, 0.1) is 0 Å². The van der Waals surface area contributed by atoms with Crippen LogP contribution in [0.3, 0.4) is 0 Å². The van der Waals surface area contributed by atoms with Crippen molar-refractivity contribution in [2.24, 2.45) is 0 Å². The number of nitrogens with zero attached hydrogens (tertiary/aromatic N) is 4. The van der Waals surface area contributed by atoms with Crippen LogP contribution in [-0.4, -0.2) is 73.1 Å². The summed E-state index contributed by atoms with van der Waals surface area (Å²) in [5, 5.41) is 0. The normalized spacial score (nSPS) is 20.2. The zero-order valence-corrected chi connectivity index (χ0v) is 17.9. The average Bonchev–Trinajstić information content (AvgIpc) is 2.83. The molecule has 0 aliphatic carbocycles. The van der Waals surface area contributed by atoms with Gasteiger partial charge in [0.1, 0.15) is 5.75 Å². The van der Waals surface area contributed by atoms with Gasteiger partial charge in [0, 0.05) is 63.6 Å². The van der Waals surface area contributed by atoms with Gasteiger partial charge >= 0.3 is 0 Å². The van der Waals surface area contributed by atoms with E-state index in [9.17, 15) is 4.79 Å². The maximum absolute atomic E-state index is 12.8. The molecule has 1 aromatic carbocycles. The number of hydrogen-bond acceptors (Lipinski definition) is 5. The van der Waals surface area contributed by atoms with E-state index in [-0.39, 0.29) is 5.91 Å². The van der Waals surface area contributed by atoms with Crippen LogP contribution in [0.1, 0.15) is 25.0 Å². The third-order valence-corrected chi connectivity index (χ3v) is 6.33. The Bertz CT molecular complexity index is 821. The van der Waals surface area contributed by atoms with Gasteiger partial charge in [-0.05, 0) is 43.5 Å². The lowest BCUT2D eigenvalue weighted by molar-refractivity contribution is -0.133. The Morgan fingerprint density at radius 3 is 2.63 bits per heavy atom. The lowest BCUT2D eigenvalue weighted by Crippen LogP contribution is -2.56. The monoisotopic (exact) mass is 408 g/mol. The van der Waals surface area contributed by atoms with E-state index in [1.807, 2.05) is 30.3 Å². The van der Waals surface area contributed by atoms with Gasteiger partial charge in [-0.2, -0.15) is 0 Å². The molecule has 30 heavy (non-hydrogen) atoms. The van der Waals surface area contributed by atoms with Gasteiger partial charge in [0.2, 0.25) is 5.91 Å². The second-order valence-corrected chi connectivity index (χ2v) is 8.15. The highest BCUT2D eigenvalue weighted by Gasteiger charge is 2.30. The van der Waals surface area contributed by atoms with Crippen LogP contribution >= 0.6 is 0 Å². The third kappa shape index (κ3) is 4.93. The fourth-order valence-electron chi connectivity index (χ4n) is 4.64. The number of methoxy groups -OCH3 is 1. The lowest BCUT2D eigenvalue weighted by atomic mass is 10.0. The number of carbonyl (C=O) groups excluding carboxylic acids is 1. The van der Waals surface area contributed by atoms with E-state index < -0.39 is 0 Å². The number of aromatic nitrogens is 1. The first-order chi connectivity index (χ1) is 14.7. The number of ether oxygens (including phenoxy) is 1. The number of hydrogen-bond donors (Lipinski definition) is 0. The van der Waals surface area contributed by atoms with Gasteiger partial charge in [0.15, 0.2) is 0 Å². The first-order valence-electron chi connectivity index (χ1n) is 11.0. The predicted octanol–water partition coefficient (Wildman–Crippen LogP) is 2.84. The first kappa shape index (κ1) is 20.7. The van der Waals surface area contributed by atoms with Crippen molar-refractivity contribution in [1.29, 1.82) is 0 Å². The Morgan fingerprint density at radius 1 is 1.07 bits per heavy atom. The Hall–Kier alpha value is -2.60. The number of pyridine rings is 1. The maximum atomic E-state index is 12.8. The van der Waals surface area contributed by atoms with Gasteiger partial charge < -0.3 is 14.5 Å². The minimum atomic E-state index is 0.262. The number of likely N-dealkylation sites (tertiary alicyclic amines) is 1. The average molecular weight is 409 g/mol. The van der Waals surface area contributed by atoms with Crippen LogP contribution in [0.4, 0.5) is 5.69 Å². The molecule has 2 aliphatic rings.